The molecule has 1 N–H and O–H groups in total. The van der Waals surface area contributed by atoms with Gasteiger partial charge in [-0.15, -0.1) is 0 Å². The molecular formula is C14H23FN4S. The maximum atomic E-state index is 13.8. The minimum Gasteiger partial charge on any atom is -0.337 e. The first-order chi connectivity index (χ1) is 9.72. The maximum absolute atomic E-state index is 13.8. The zero-order valence-electron chi connectivity index (χ0n) is 12.0. The van der Waals surface area contributed by atoms with E-state index in [1.54, 1.807) is 6.20 Å². The number of alkyl halides is 1. The van der Waals surface area contributed by atoms with E-state index in [-0.39, 0.29) is 0 Å². The van der Waals surface area contributed by atoms with Crippen LogP contribution in [-0.4, -0.2) is 57.3 Å². The highest BCUT2D eigenvalue weighted by Gasteiger charge is 2.33. The summed E-state index contributed by atoms with van der Waals surface area (Å²) in [4.78, 5) is 6.59. The van der Waals surface area contributed by atoms with Crippen LogP contribution in [0.2, 0.25) is 0 Å². The van der Waals surface area contributed by atoms with Gasteiger partial charge < -0.3 is 9.88 Å². The molecule has 0 aliphatic carbocycles. The van der Waals surface area contributed by atoms with Crippen LogP contribution >= 0.6 is 11.8 Å². The van der Waals surface area contributed by atoms with Crippen molar-refractivity contribution in [3.63, 3.8) is 0 Å². The predicted molar refractivity (Wildman–Crippen MR) is 80.7 cm³/mol. The Kier molecular flexibility index (Phi) is 4.63. The van der Waals surface area contributed by atoms with E-state index in [9.17, 15) is 4.39 Å². The summed E-state index contributed by atoms with van der Waals surface area (Å²) in [5.74, 6) is 3.47. The van der Waals surface area contributed by atoms with Gasteiger partial charge >= 0.3 is 0 Å². The molecule has 3 rings (SSSR count). The molecule has 0 aromatic carbocycles. The summed E-state index contributed by atoms with van der Waals surface area (Å²) in [5.41, 5.74) is 0. The summed E-state index contributed by atoms with van der Waals surface area (Å²) >= 11 is 2.01. The predicted octanol–water partition coefficient (Wildman–Crippen LogP) is 1.43. The zero-order valence-corrected chi connectivity index (χ0v) is 12.8. The van der Waals surface area contributed by atoms with Crippen molar-refractivity contribution in [2.45, 2.75) is 37.6 Å². The number of rotatable bonds is 5. The van der Waals surface area contributed by atoms with Gasteiger partial charge in [0.15, 0.2) is 0 Å². The molecule has 0 amide bonds. The average Bonchev–Trinajstić information content (AvgIpc) is 3.12. The molecule has 3 heterocycles. The van der Waals surface area contributed by atoms with E-state index in [2.05, 4.69) is 15.2 Å². The number of aromatic nitrogens is 2. The molecule has 0 radical (unpaired) electrons. The number of aryl methyl sites for hydroxylation is 1. The highest BCUT2D eigenvalue weighted by molar-refractivity contribution is 7.99. The first-order valence-electron chi connectivity index (χ1n) is 7.38. The zero-order chi connectivity index (χ0) is 13.9. The number of nitrogens with zero attached hydrogens (tertiary/aromatic N) is 3. The summed E-state index contributed by atoms with van der Waals surface area (Å²) in [6, 6.07) is 0.918. The van der Waals surface area contributed by atoms with Gasteiger partial charge in [0.1, 0.15) is 12.0 Å². The molecule has 1 aromatic heterocycles. The smallest absolute Gasteiger partial charge is 0.122 e. The molecular weight excluding hydrogens is 275 g/mol. The lowest BCUT2D eigenvalue weighted by molar-refractivity contribution is 0.220. The van der Waals surface area contributed by atoms with E-state index in [1.165, 1.54) is 17.9 Å². The van der Waals surface area contributed by atoms with E-state index in [1.807, 2.05) is 29.6 Å². The quantitative estimate of drug-likeness (QED) is 0.891. The number of thioether (sulfide) groups is 1. The molecule has 6 heteroatoms. The molecule has 112 valence electrons. The van der Waals surface area contributed by atoms with E-state index >= 15 is 0 Å². The number of imidazole rings is 1. The van der Waals surface area contributed by atoms with Gasteiger partial charge in [-0.3, -0.25) is 4.90 Å². The second kappa shape index (κ2) is 6.45. The van der Waals surface area contributed by atoms with Crippen molar-refractivity contribution in [1.82, 2.24) is 19.8 Å². The summed E-state index contributed by atoms with van der Waals surface area (Å²) in [5, 5.41) is 3.61. The van der Waals surface area contributed by atoms with Crippen LogP contribution in [0.5, 0.6) is 0 Å². The molecule has 3 atom stereocenters. The van der Waals surface area contributed by atoms with Gasteiger partial charge in [0.05, 0.1) is 6.54 Å². The van der Waals surface area contributed by atoms with Gasteiger partial charge in [-0.1, -0.05) is 0 Å². The number of hydrogen-bond acceptors (Lipinski definition) is 4. The van der Waals surface area contributed by atoms with Crippen LogP contribution < -0.4 is 5.32 Å². The number of hydrogen-bond donors (Lipinski definition) is 1. The summed E-state index contributed by atoms with van der Waals surface area (Å²) in [6.45, 7) is 2.18. The van der Waals surface area contributed by atoms with Gasteiger partial charge in [0.25, 0.3) is 0 Å². The number of likely N-dealkylation sites (tertiary alicyclic amines) is 1. The summed E-state index contributed by atoms with van der Waals surface area (Å²) in [6.07, 6.45) is 4.95. The Morgan fingerprint density at radius 2 is 2.45 bits per heavy atom. The van der Waals surface area contributed by atoms with Crippen molar-refractivity contribution in [2.24, 2.45) is 7.05 Å². The Labute approximate surface area is 124 Å². The lowest BCUT2D eigenvalue weighted by Crippen LogP contribution is -2.41. The van der Waals surface area contributed by atoms with Gasteiger partial charge in [0, 0.05) is 50.4 Å². The van der Waals surface area contributed by atoms with Crippen molar-refractivity contribution in [3.05, 3.63) is 18.2 Å². The number of halogens is 1. The fourth-order valence-electron chi connectivity index (χ4n) is 3.06. The lowest BCUT2D eigenvalue weighted by atomic mass is 10.2. The third-order valence-electron chi connectivity index (χ3n) is 4.31. The van der Waals surface area contributed by atoms with Crippen molar-refractivity contribution in [3.8, 4) is 0 Å². The Morgan fingerprint density at radius 3 is 3.15 bits per heavy atom. The highest BCUT2D eigenvalue weighted by atomic mass is 32.2. The van der Waals surface area contributed by atoms with Crippen molar-refractivity contribution in [2.75, 3.05) is 24.6 Å². The topological polar surface area (TPSA) is 33.1 Å². The third-order valence-corrected chi connectivity index (χ3v) is 5.48. The van der Waals surface area contributed by atoms with Gasteiger partial charge in [0.2, 0.25) is 0 Å². The normalized spacial score (nSPS) is 31.2. The molecule has 2 aliphatic rings. The van der Waals surface area contributed by atoms with Crippen LogP contribution in [0.15, 0.2) is 12.4 Å². The van der Waals surface area contributed by atoms with E-state index < -0.39 is 6.17 Å². The summed E-state index contributed by atoms with van der Waals surface area (Å²) in [7, 11) is 1.99. The highest BCUT2D eigenvalue weighted by Crippen LogP contribution is 2.23. The number of nitrogens with one attached hydrogen (secondary N) is 1. The van der Waals surface area contributed by atoms with E-state index in [4.69, 9.17) is 0 Å². The molecule has 0 spiro atoms. The van der Waals surface area contributed by atoms with Crippen LogP contribution in [0, 0.1) is 0 Å². The SMILES string of the molecule is Cn1ccnc1CN1C[C@@H](F)C[C@H]1CN[C@@H]1CCSC1. The molecule has 4 nitrogen and oxygen atoms in total. The van der Waals surface area contributed by atoms with Crippen LogP contribution in [0.25, 0.3) is 0 Å². The molecule has 2 fully saturated rings. The van der Waals surface area contributed by atoms with Crippen LogP contribution in [0.3, 0.4) is 0 Å². The molecule has 1 aromatic rings. The van der Waals surface area contributed by atoms with E-state index in [0.29, 0.717) is 25.0 Å². The van der Waals surface area contributed by atoms with Crippen LogP contribution in [0.1, 0.15) is 18.7 Å². The fraction of sp³-hybridized carbons (Fsp3) is 0.786. The van der Waals surface area contributed by atoms with Crippen LogP contribution in [-0.2, 0) is 13.6 Å². The standard InChI is InChI=1S/C14H23FN4S/c1-18-4-3-16-14(18)9-19-8-11(15)6-13(19)7-17-12-2-5-20-10-12/h3-4,11-13,17H,2,5-10H2,1H3/t11-,12+,13-/m0/s1. The van der Waals surface area contributed by atoms with Crippen molar-refractivity contribution >= 4 is 11.8 Å². The largest absolute Gasteiger partial charge is 0.337 e. The lowest BCUT2D eigenvalue weighted by Gasteiger charge is -2.25. The van der Waals surface area contributed by atoms with Crippen molar-refractivity contribution in [1.29, 1.82) is 0 Å². The van der Waals surface area contributed by atoms with Gasteiger partial charge in [-0.05, 0) is 18.6 Å². The second-order valence-electron chi connectivity index (χ2n) is 5.84. The van der Waals surface area contributed by atoms with E-state index in [0.717, 1.165) is 18.9 Å². The third kappa shape index (κ3) is 3.35. The Morgan fingerprint density at radius 1 is 1.55 bits per heavy atom. The van der Waals surface area contributed by atoms with Gasteiger partial charge in [-0.25, -0.2) is 9.37 Å². The first kappa shape index (κ1) is 14.4. The minimum atomic E-state index is -0.694. The Bertz CT molecular complexity index is 433. The Hall–Kier alpha value is -0.590. The van der Waals surface area contributed by atoms with Gasteiger partial charge in [-0.2, -0.15) is 11.8 Å². The molecule has 2 aliphatic heterocycles. The van der Waals surface area contributed by atoms with Crippen molar-refractivity contribution < 1.29 is 4.39 Å². The molecule has 0 unspecified atom stereocenters. The monoisotopic (exact) mass is 298 g/mol. The molecule has 2 saturated heterocycles. The Balaban J connectivity index is 1.55. The average molecular weight is 298 g/mol. The minimum absolute atomic E-state index is 0.298. The molecule has 0 bridgehead atoms. The maximum Gasteiger partial charge on any atom is 0.122 e. The van der Waals surface area contributed by atoms with Crippen LogP contribution in [0.4, 0.5) is 4.39 Å². The summed E-state index contributed by atoms with van der Waals surface area (Å²) < 4.78 is 15.8. The fourth-order valence-corrected chi connectivity index (χ4v) is 4.24. The molecule has 0 saturated carbocycles. The molecule has 20 heavy (non-hydrogen) atoms. The second-order valence-corrected chi connectivity index (χ2v) is 6.99. The first-order valence-corrected chi connectivity index (χ1v) is 8.53.